The zero-order valence-corrected chi connectivity index (χ0v) is 17.9. The van der Waals surface area contributed by atoms with Crippen molar-refractivity contribution in [1.82, 2.24) is 15.1 Å². The van der Waals surface area contributed by atoms with Crippen LogP contribution in [0.4, 0.5) is 0 Å². The summed E-state index contributed by atoms with van der Waals surface area (Å²) in [6.45, 7) is 8.77. The molecule has 0 aliphatic rings. The third-order valence-corrected chi connectivity index (χ3v) is 5.25. The van der Waals surface area contributed by atoms with E-state index in [4.69, 9.17) is 16.3 Å². The predicted molar refractivity (Wildman–Crippen MR) is 109 cm³/mol. The number of hydrogen-bond acceptors (Lipinski definition) is 5. The molecule has 29 heavy (non-hydrogen) atoms. The summed E-state index contributed by atoms with van der Waals surface area (Å²) in [5.74, 6) is -1.41. The lowest BCUT2D eigenvalue weighted by Gasteiger charge is -2.28. The molecule has 154 valence electrons. The summed E-state index contributed by atoms with van der Waals surface area (Å²) in [4.78, 5) is 25.0. The van der Waals surface area contributed by atoms with Crippen LogP contribution in [0.3, 0.4) is 0 Å². The molecule has 0 aliphatic heterocycles. The lowest BCUT2D eigenvalue weighted by atomic mass is 9.90. The Labute approximate surface area is 175 Å². The van der Waals surface area contributed by atoms with Crippen molar-refractivity contribution in [3.8, 4) is 6.07 Å². The average molecular weight is 417 g/mol. The Morgan fingerprint density at radius 2 is 1.93 bits per heavy atom. The number of amides is 1. The molecular formula is C21H25ClN4O3. The van der Waals surface area contributed by atoms with Gasteiger partial charge in [-0.15, -0.1) is 0 Å². The molecule has 0 radical (unpaired) electrons. The molecule has 2 atom stereocenters. The highest BCUT2D eigenvalue weighted by Crippen LogP contribution is 2.23. The van der Waals surface area contributed by atoms with Gasteiger partial charge in [-0.25, -0.2) is 9.48 Å². The largest absolute Gasteiger partial charge is 0.449 e. The maximum Gasteiger partial charge on any atom is 0.343 e. The molecule has 1 aromatic carbocycles. The number of carbonyl (C=O) groups excluding carboxylic acids is 2. The number of carbonyl (C=O) groups is 2. The Kier molecular flexibility index (Phi) is 7.04. The standard InChI is InChI=1S/C21H25ClN4O3/c1-13(2)21(5,12-23)24-19(27)15(4)29-20(28)17-14(3)25-26(18(17)22)11-16-9-7-6-8-10-16/h6-10,13,15H,11H2,1-5H3,(H,24,27)/t15-,21-/m0/s1. The molecule has 1 aromatic heterocycles. The highest BCUT2D eigenvalue weighted by Gasteiger charge is 2.33. The second kappa shape index (κ2) is 9.10. The fourth-order valence-electron chi connectivity index (χ4n) is 2.58. The summed E-state index contributed by atoms with van der Waals surface area (Å²) < 4.78 is 6.81. The van der Waals surface area contributed by atoms with E-state index in [1.54, 1.807) is 13.8 Å². The van der Waals surface area contributed by atoms with E-state index in [1.807, 2.05) is 44.2 Å². The fraction of sp³-hybridized carbons (Fsp3) is 0.429. The Morgan fingerprint density at radius 3 is 2.48 bits per heavy atom. The van der Waals surface area contributed by atoms with Crippen molar-refractivity contribution < 1.29 is 14.3 Å². The van der Waals surface area contributed by atoms with Crippen molar-refractivity contribution in [3.05, 3.63) is 52.3 Å². The summed E-state index contributed by atoms with van der Waals surface area (Å²) in [5.41, 5.74) is 0.446. The van der Waals surface area contributed by atoms with Gasteiger partial charge < -0.3 is 10.1 Å². The van der Waals surface area contributed by atoms with Crippen LogP contribution in [-0.4, -0.2) is 33.3 Å². The van der Waals surface area contributed by atoms with Crippen LogP contribution in [0.1, 0.15) is 49.3 Å². The van der Waals surface area contributed by atoms with Crippen LogP contribution in [0, 0.1) is 24.2 Å². The molecular weight excluding hydrogens is 392 g/mol. The minimum atomic E-state index is -1.10. The third-order valence-electron chi connectivity index (χ3n) is 4.87. The summed E-state index contributed by atoms with van der Waals surface area (Å²) in [7, 11) is 0. The first kappa shape index (κ1) is 22.4. The first-order chi connectivity index (χ1) is 13.6. The van der Waals surface area contributed by atoms with Crippen LogP contribution in [0.5, 0.6) is 0 Å². The molecule has 0 bridgehead atoms. The van der Waals surface area contributed by atoms with Gasteiger partial charge in [0, 0.05) is 0 Å². The SMILES string of the molecule is Cc1nn(Cc2ccccc2)c(Cl)c1C(=O)O[C@@H](C)C(=O)N[C@@](C)(C#N)C(C)C. The van der Waals surface area contributed by atoms with Gasteiger partial charge in [-0.05, 0) is 32.3 Å². The molecule has 2 rings (SSSR count). The number of aryl methyl sites for hydroxylation is 1. The van der Waals surface area contributed by atoms with E-state index in [1.165, 1.54) is 11.6 Å². The van der Waals surface area contributed by atoms with Gasteiger partial charge in [0.1, 0.15) is 16.3 Å². The van der Waals surface area contributed by atoms with Crippen molar-refractivity contribution >= 4 is 23.5 Å². The van der Waals surface area contributed by atoms with Gasteiger partial charge in [0.2, 0.25) is 0 Å². The molecule has 0 fully saturated rings. The molecule has 8 heteroatoms. The predicted octanol–water partition coefficient (Wildman–Crippen LogP) is 3.49. The number of benzene rings is 1. The monoisotopic (exact) mass is 416 g/mol. The van der Waals surface area contributed by atoms with Crippen molar-refractivity contribution in [2.75, 3.05) is 0 Å². The number of hydrogen-bond donors (Lipinski definition) is 1. The molecule has 2 aromatic rings. The maximum atomic E-state index is 12.6. The maximum absolute atomic E-state index is 12.6. The lowest BCUT2D eigenvalue weighted by molar-refractivity contribution is -0.130. The van der Waals surface area contributed by atoms with Gasteiger partial charge in [0.25, 0.3) is 5.91 Å². The van der Waals surface area contributed by atoms with E-state index < -0.39 is 23.5 Å². The number of rotatable bonds is 7. The second-order valence-corrected chi connectivity index (χ2v) is 7.76. The average Bonchev–Trinajstić information content (AvgIpc) is 2.95. The number of esters is 1. The van der Waals surface area contributed by atoms with Gasteiger partial charge in [0.15, 0.2) is 6.10 Å². The van der Waals surface area contributed by atoms with E-state index in [0.717, 1.165) is 5.56 Å². The van der Waals surface area contributed by atoms with E-state index in [2.05, 4.69) is 16.5 Å². The van der Waals surface area contributed by atoms with Crippen LogP contribution >= 0.6 is 11.6 Å². The number of nitrogens with zero attached hydrogens (tertiary/aromatic N) is 3. The van der Waals surface area contributed by atoms with Crippen molar-refractivity contribution in [1.29, 1.82) is 5.26 Å². The summed E-state index contributed by atoms with van der Waals surface area (Å²) in [6, 6.07) is 11.7. The molecule has 0 saturated carbocycles. The Bertz CT molecular complexity index is 933. The topological polar surface area (TPSA) is 97.0 Å². The van der Waals surface area contributed by atoms with E-state index in [9.17, 15) is 14.9 Å². The minimum Gasteiger partial charge on any atom is -0.449 e. The lowest BCUT2D eigenvalue weighted by Crippen LogP contribution is -2.52. The van der Waals surface area contributed by atoms with E-state index in [0.29, 0.717) is 12.2 Å². The molecule has 0 unspecified atom stereocenters. The normalized spacial score (nSPS) is 14.0. The number of nitriles is 1. The molecule has 7 nitrogen and oxygen atoms in total. The van der Waals surface area contributed by atoms with Crippen LogP contribution < -0.4 is 5.32 Å². The van der Waals surface area contributed by atoms with Crippen LogP contribution in [0.25, 0.3) is 0 Å². The highest BCUT2D eigenvalue weighted by molar-refractivity contribution is 6.32. The van der Waals surface area contributed by atoms with Gasteiger partial charge >= 0.3 is 5.97 Å². The minimum absolute atomic E-state index is 0.118. The van der Waals surface area contributed by atoms with Gasteiger partial charge in [-0.3, -0.25) is 4.79 Å². The quantitative estimate of drug-likeness (QED) is 0.696. The van der Waals surface area contributed by atoms with Gasteiger partial charge in [-0.2, -0.15) is 10.4 Å². The van der Waals surface area contributed by atoms with Crippen molar-refractivity contribution in [3.63, 3.8) is 0 Å². The van der Waals surface area contributed by atoms with E-state index >= 15 is 0 Å². The van der Waals surface area contributed by atoms with Crippen LogP contribution in [-0.2, 0) is 16.1 Å². The molecule has 1 N–H and O–H groups in total. The number of ether oxygens (including phenoxy) is 1. The molecule has 0 aliphatic carbocycles. The Balaban J connectivity index is 2.12. The molecule has 0 spiro atoms. The Hall–Kier alpha value is -2.85. The zero-order chi connectivity index (χ0) is 21.8. The summed E-state index contributed by atoms with van der Waals surface area (Å²) in [6.07, 6.45) is -1.10. The summed E-state index contributed by atoms with van der Waals surface area (Å²) >= 11 is 6.36. The molecule has 0 saturated heterocycles. The van der Waals surface area contributed by atoms with Crippen LogP contribution in [0.15, 0.2) is 30.3 Å². The Morgan fingerprint density at radius 1 is 1.31 bits per heavy atom. The second-order valence-electron chi connectivity index (χ2n) is 7.40. The molecule has 1 amide bonds. The number of halogens is 1. The summed E-state index contributed by atoms with van der Waals surface area (Å²) in [5, 5.41) is 16.4. The zero-order valence-electron chi connectivity index (χ0n) is 17.2. The smallest absolute Gasteiger partial charge is 0.343 e. The third kappa shape index (κ3) is 5.15. The van der Waals surface area contributed by atoms with Crippen LogP contribution in [0.2, 0.25) is 5.15 Å². The van der Waals surface area contributed by atoms with Crippen molar-refractivity contribution in [2.24, 2.45) is 5.92 Å². The fourth-order valence-corrected chi connectivity index (χ4v) is 2.89. The number of nitrogens with one attached hydrogen (secondary N) is 1. The van der Waals surface area contributed by atoms with E-state index in [-0.39, 0.29) is 16.6 Å². The van der Waals surface area contributed by atoms with Gasteiger partial charge in [-0.1, -0.05) is 55.8 Å². The first-order valence-corrected chi connectivity index (χ1v) is 9.68. The number of aromatic nitrogens is 2. The highest BCUT2D eigenvalue weighted by atomic mass is 35.5. The first-order valence-electron chi connectivity index (χ1n) is 9.30. The van der Waals surface area contributed by atoms with Gasteiger partial charge in [0.05, 0.1) is 18.3 Å². The molecule has 1 heterocycles. The van der Waals surface area contributed by atoms with Crippen molar-refractivity contribution in [2.45, 2.75) is 52.8 Å².